The molecule has 22 heavy (non-hydrogen) atoms. The van der Waals surface area contributed by atoms with E-state index < -0.39 is 0 Å². The van der Waals surface area contributed by atoms with Crippen molar-refractivity contribution in [3.8, 4) is 0 Å². The highest BCUT2D eigenvalue weighted by Gasteiger charge is 2.13. The van der Waals surface area contributed by atoms with Gasteiger partial charge in [-0.25, -0.2) is 4.98 Å². The molecule has 1 amide bonds. The van der Waals surface area contributed by atoms with Crippen molar-refractivity contribution in [3.05, 3.63) is 59.5 Å². The van der Waals surface area contributed by atoms with E-state index in [1.807, 2.05) is 51.1 Å². The molecule has 4 nitrogen and oxygen atoms in total. The Bertz CT molecular complexity index is 834. The van der Waals surface area contributed by atoms with Crippen LogP contribution in [0.3, 0.4) is 0 Å². The SMILES string of the molecule is Cc1ccccc1NC(=O)c1ccc2nc(C(C)C)oc2c1. The van der Waals surface area contributed by atoms with Crippen molar-refractivity contribution in [2.24, 2.45) is 0 Å². The Morgan fingerprint density at radius 1 is 1.18 bits per heavy atom. The molecule has 1 heterocycles. The van der Waals surface area contributed by atoms with Crippen molar-refractivity contribution in [1.82, 2.24) is 4.98 Å². The largest absolute Gasteiger partial charge is 0.440 e. The summed E-state index contributed by atoms with van der Waals surface area (Å²) in [6, 6.07) is 13.0. The molecule has 0 bridgehead atoms. The maximum absolute atomic E-state index is 12.4. The van der Waals surface area contributed by atoms with Gasteiger partial charge in [0.2, 0.25) is 0 Å². The van der Waals surface area contributed by atoms with Gasteiger partial charge in [0.1, 0.15) is 5.52 Å². The van der Waals surface area contributed by atoms with Crippen molar-refractivity contribution in [2.75, 3.05) is 5.32 Å². The zero-order valence-corrected chi connectivity index (χ0v) is 12.9. The molecule has 0 saturated carbocycles. The third-order valence-electron chi connectivity index (χ3n) is 3.55. The van der Waals surface area contributed by atoms with Crippen LogP contribution in [0.2, 0.25) is 0 Å². The van der Waals surface area contributed by atoms with Gasteiger partial charge in [-0.2, -0.15) is 0 Å². The highest BCUT2D eigenvalue weighted by molar-refractivity contribution is 6.06. The number of carbonyl (C=O) groups excluding carboxylic acids is 1. The van der Waals surface area contributed by atoms with Crippen molar-refractivity contribution in [3.63, 3.8) is 0 Å². The van der Waals surface area contributed by atoms with Gasteiger partial charge in [-0.1, -0.05) is 32.0 Å². The molecule has 0 unspecified atom stereocenters. The molecule has 2 aromatic carbocycles. The van der Waals surface area contributed by atoms with Crippen LogP contribution in [0.25, 0.3) is 11.1 Å². The zero-order chi connectivity index (χ0) is 15.7. The molecule has 1 N–H and O–H groups in total. The number of nitrogens with zero attached hydrogens (tertiary/aromatic N) is 1. The highest BCUT2D eigenvalue weighted by Crippen LogP contribution is 2.23. The van der Waals surface area contributed by atoms with Gasteiger partial charge < -0.3 is 9.73 Å². The van der Waals surface area contributed by atoms with E-state index in [4.69, 9.17) is 4.42 Å². The molecule has 1 aromatic heterocycles. The van der Waals surface area contributed by atoms with Crippen LogP contribution in [0.5, 0.6) is 0 Å². The predicted molar refractivity (Wildman–Crippen MR) is 87.2 cm³/mol. The number of oxazole rings is 1. The molecular weight excluding hydrogens is 276 g/mol. The first kappa shape index (κ1) is 14.3. The monoisotopic (exact) mass is 294 g/mol. The summed E-state index contributed by atoms with van der Waals surface area (Å²) in [7, 11) is 0. The number of aromatic nitrogens is 1. The maximum atomic E-state index is 12.4. The van der Waals surface area contributed by atoms with Gasteiger partial charge in [0.15, 0.2) is 11.5 Å². The zero-order valence-electron chi connectivity index (χ0n) is 12.9. The number of aryl methyl sites for hydroxylation is 1. The number of amides is 1. The minimum atomic E-state index is -0.154. The normalized spacial score (nSPS) is 11.1. The number of fused-ring (bicyclic) bond motifs is 1. The van der Waals surface area contributed by atoms with Gasteiger partial charge in [-0.3, -0.25) is 4.79 Å². The first-order valence-electron chi connectivity index (χ1n) is 7.32. The summed E-state index contributed by atoms with van der Waals surface area (Å²) < 4.78 is 5.70. The molecule has 3 aromatic rings. The Balaban J connectivity index is 1.89. The average Bonchev–Trinajstić information content (AvgIpc) is 2.93. The fraction of sp³-hybridized carbons (Fsp3) is 0.222. The third kappa shape index (κ3) is 2.72. The van der Waals surface area contributed by atoms with E-state index in [9.17, 15) is 4.79 Å². The topological polar surface area (TPSA) is 55.1 Å². The first-order valence-corrected chi connectivity index (χ1v) is 7.32. The van der Waals surface area contributed by atoms with Crippen LogP contribution in [-0.4, -0.2) is 10.9 Å². The second kappa shape index (κ2) is 5.64. The number of benzene rings is 2. The number of carbonyl (C=O) groups is 1. The second-order valence-corrected chi connectivity index (χ2v) is 5.66. The summed E-state index contributed by atoms with van der Waals surface area (Å²) in [6.07, 6.45) is 0. The van der Waals surface area contributed by atoms with Crippen LogP contribution in [-0.2, 0) is 0 Å². The number of nitrogens with one attached hydrogen (secondary N) is 1. The van der Waals surface area contributed by atoms with Crippen molar-refractivity contribution >= 4 is 22.7 Å². The molecule has 4 heteroatoms. The van der Waals surface area contributed by atoms with E-state index in [2.05, 4.69) is 10.3 Å². The lowest BCUT2D eigenvalue weighted by Gasteiger charge is -2.07. The van der Waals surface area contributed by atoms with Crippen LogP contribution >= 0.6 is 0 Å². The van der Waals surface area contributed by atoms with E-state index in [0.29, 0.717) is 17.0 Å². The van der Waals surface area contributed by atoms with Crippen molar-refractivity contribution < 1.29 is 9.21 Å². The van der Waals surface area contributed by atoms with Gasteiger partial charge in [-0.15, -0.1) is 0 Å². The molecule has 0 aliphatic heterocycles. The Labute approximate surface area is 129 Å². The Hall–Kier alpha value is -2.62. The lowest BCUT2D eigenvalue weighted by Crippen LogP contribution is -2.12. The summed E-state index contributed by atoms with van der Waals surface area (Å²) in [4.78, 5) is 16.8. The first-order chi connectivity index (χ1) is 10.5. The van der Waals surface area contributed by atoms with Crippen LogP contribution in [0, 0.1) is 6.92 Å². The molecule has 0 spiro atoms. The number of rotatable bonds is 3. The minimum absolute atomic E-state index is 0.154. The summed E-state index contributed by atoms with van der Waals surface area (Å²) in [5, 5.41) is 2.92. The Kier molecular flexibility index (Phi) is 3.67. The molecule has 0 radical (unpaired) electrons. The lowest BCUT2D eigenvalue weighted by molar-refractivity contribution is 0.102. The van der Waals surface area contributed by atoms with Crippen molar-refractivity contribution in [1.29, 1.82) is 0 Å². The number of hydrogen-bond acceptors (Lipinski definition) is 3. The third-order valence-corrected chi connectivity index (χ3v) is 3.55. The van der Waals surface area contributed by atoms with Crippen LogP contribution in [0.4, 0.5) is 5.69 Å². The standard InChI is InChI=1S/C18H18N2O2/c1-11(2)18-20-15-9-8-13(10-16(15)22-18)17(21)19-14-7-5-4-6-12(14)3/h4-11H,1-3H3,(H,19,21). The van der Waals surface area contributed by atoms with E-state index in [1.54, 1.807) is 12.1 Å². The molecule has 0 fully saturated rings. The molecule has 0 atom stereocenters. The highest BCUT2D eigenvalue weighted by atomic mass is 16.3. The van der Waals surface area contributed by atoms with E-state index in [-0.39, 0.29) is 11.8 Å². The average molecular weight is 294 g/mol. The lowest BCUT2D eigenvalue weighted by atomic mass is 10.1. The quantitative estimate of drug-likeness (QED) is 0.773. The summed E-state index contributed by atoms with van der Waals surface area (Å²) >= 11 is 0. The Morgan fingerprint density at radius 3 is 2.68 bits per heavy atom. The van der Waals surface area contributed by atoms with Crippen LogP contribution in [0.1, 0.15) is 41.6 Å². The van der Waals surface area contributed by atoms with Crippen molar-refractivity contribution in [2.45, 2.75) is 26.7 Å². The fourth-order valence-corrected chi connectivity index (χ4v) is 2.24. The minimum Gasteiger partial charge on any atom is -0.440 e. The number of anilines is 1. The molecule has 0 saturated heterocycles. The van der Waals surface area contributed by atoms with Gasteiger partial charge in [-0.05, 0) is 36.8 Å². The smallest absolute Gasteiger partial charge is 0.255 e. The molecule has 0 aliphatic carbocycles. The number of para-hydroxylation sites is 1. The van der Waals surface area contributed by atoms with Gasteiger partial charge in [0.25, 0.3) is 5.91 Å². The molecule has 3 rings (SSSR count). The Morgan fingerprint density at radius 2 is 1.95 bits per heavy atom. The molecule has 112 valence electrons. The second-order valence-electron chi connectivity index (χ2n) is 5.66. The fourth-order valence-electron chi connectivity index (χ4n) is 2.24. The molecule has 0 aliphatic rings. The van der Waals surface area contributed by atoms with Gasteiger partial charge in [0, 0.05) is 17.2 Å². The molecular formula is C18H18N2O2. The van der Waals surface area contributed by atoms with Crippen LogP contribution < -0.4 is 5.32 Å². The number of hydrogen-bond donors (Lipinski definition) is 1. The van der Waals surface area contributed by atoms with E-state index in [1.165, 1.54) is 0 Å². The van der Waals surface area contributed by atoms with Gasteiger partial charge >= 0.3 is 0 Å². The van der Waals surface area contributed by atoms with E-state index >= 15 is 0 Å². The summed E-state index contributed by atoms with van der Waals surface area (Å²) in [5.41, 5.74) is 3.81. The van der Waals surface area contributed by atoms with Gasteiger partial charge in [0.05, 0.1) is 0 Å². The van der Waals surface area contributed by atoms with Crippen LogP contribution in [0.15, 0.2) is 46.9 Å². The maximum Gasteiger partial charge on any atom is 0.255 e. The summed E-state index contributed by atoms with van der Waals surface area (Å²) in [5.74, 6) is 0.752. The predicted octanol–water partition coefficient (Wildman–Crippen LogP) is 4.51. The summed E-state index contributed by atoms with van der Waals surface area (Å²) in [6.45, 7) is 6.01. The van der Waals surface area contributed by atoms with E-state index in [0.717, 1.165) is 16.8 Å².